The highest BCUT2D eigenvalue weighted by atomic mass is 32.2. The third-order valence-corrected chi connectivity index (χ3v) is 7.60. The highest BCUT2D eigenvalue weighted by Gasteiger charge is 2.30. The first-order chi connectivity index (χ1) is 19.2. The molecule has 0 atom stereocenters. The Kier molecular flexibility index (Phi) is 8.99. The van der Waals surface area contributed by atoms with Crippen LogP contribution < -0.4 is 14.2 Å². The molecule has 3 aromatic rings. The van der Waals surface area contributed by atoms with Crippen molar-refractivity contribution < 1.29 is 37.1 Å². The Labute approximate surface area is 230 Å². The fraction of sp³-hybridized carbons (Fsp3) is 0.360. The summed E-state index contributed by atoms with van der Waals surface area (Å²) in [6, 6.07) is 10.0. The molecule has 1 fully saturated rings. The van der Waals surface area contributed by atoms with Crippen LogP contribution in [0.1, 0.15) is 16.1 Å². The molecule has 4 rings (SSSR count). The number of nitro benzene ring substituents is 1. The number of methoxy groups -OCH3 is 2. The molecule has 15 heteroatoms. The van der Waals surface area contributed by atoms with Gasteiger partial charge in [0.05, 0.1) is 37.5 Å². The largest absolute Gasteiger partial charge is 0.497 e. The fourth-order valence-electron chi connectivity index (χ4n) is 3.98. The Bertz CT molecular complexity index is 1480. The van der Waals surface area contributed by atoms with Crippen LogP contribution in [-0.2, 0) is 19.5 Å². The van der Waals surface area contributed by atoms with Crippen LogP contribution in [0.5, 0.6) is 17.4 Å². The standard InChI is InChI=1S/C25H29N5O9S/c1-17-23(24(31)28-11-14-38-15-12-28)27-29(18-4-7-20(37-3)8-5-18)25(17)39-21-9-6-19(30(32)33)16-22(21)40(34,35)26-10-13-36-2/h4-9,16,26H,10-15H2,1-3H3. The van der Waals surface area contributed by atoms with Gasteiger partial charge in [0.2, 0.25) is 15.9 Å². The van der Waals surface area contributed by atoms with Crippen molar-refractivity contribution in [2.45, 2.75) is 11.8 Å². The van der Waals surface area contributed by atoms with E-state index in [1.165, 1.54) is 25.0 Å². The molecule has 0 bridgehead atoms. The third kappa shape index (κ3) is 6.22. The van der Waals surface area contributed by atoms with E-state index in [1.54, 1.807) is 36.1 Å². The molecule has 1 aromatic heterocycles. The lowest BCUT2D eigenvalue weighted by Crippen LogP contribution is -2.41. The number of benzene rings is 2. The van der Waals surface area contributed by atoms with Gasteiger partial charge >= 0.3 is 0 Å². The summed E-state index contributed by atoms with van der Waals surface area (Å²) in [5.74, 6) is 0.115. The van der Waals surface area contributed by atoms with Gasteiger partial charge in [-0.25, -0.2) is 13.1 Å². The molecule has 1 amide bonds. The number of hydrogen-bond acceptors (Lipinski definition) is 10. The second-order valence-electron chi connectivity index (χ2n) is 8.67. The quantitative estimate of drug-likeness (QED) is 0.204. The molecule has 40 heavy (non-hydrogen) atoms. The normalized spacial score (nSPS) is 13.7. The van der Waals surface area contributed by atoms with Crippen LogP contribution in [0, 0.1) is 17.0 Å². The van der Waals surface area contributed by atoms with Gasteiger partial charge in [-0.3, -0.25) is 14.9 Å². The van der Waals surface area contributed by atoms with Crippen LogP contribution in [0.25, 0.3) is 5.69 Å². The van der Waals surface area contributed by atoms with Gasteiger partial charge in [0, 0.05) is 44.4 Å². The number of non-ortho nitro benzene ring substituents is 1. The van der Waals surface area contributed by atoms with Crippen LogP contribution >= 0.6 is 0 Å². The van der Waals surface area contributed by atoms with E-state index in [0.717, 1.165) is 12.1 Å². The van der Waals surface area contributed by atoms with Crippen molar-refractivity contribution in [2.24, 2.45) is 0 Å². The van der Waals surface area contributed by atoms with Crippen molar-refractivity contribution in [3.05, 3.63) is 63.8 Å². The SMILES string of the molecule is COCCNS(=O)(=O)c1cc([N+](=O)[O-])ccc1Oc1c(C)c(C(=O)N2CCOCC2)nn1-c1ccc(OC)cc1. The first kappa shape index (κ1) is 28.9. The molecule has 1 saturated heterocycles. The van der Waals surface area contributed by atoms with Crippen molar-refractivity contribution in [1.82, 2.24) is 19.4 Å². The molecule has 0 saturated carbocycles. The van der Waals surface area contributed by atoms with E-state index < -0.39 is 25.5 Å². The zero-order chi connectivity index (χ0) is 28.9. The zero-order valence-electron chi connectivity index (χ0n) is 22.2. The number of carbonyl (C=O) groups is 1. The number of aromatic nitrogens is 2. The molecule has 0 radical (unpaired) electrons. The summed E-state index contributed by atoms with van der Waals surface area (Å²) in [6.45, 7) is 3.22. The second-order valence-corrected chi connectivity index (χ2v) is 10.4. The Morgan fingerprint density at radius 2 is 1.85 bits per heavy atom. The van der Waals surface area contributed by atoms with Gasteiger partial charge < -0.3 is 23.8 Å². The number of carbonyl (C=O) groups excluding carboxylic acids is 1. The number of nitrogens with zero attached hydrogens (tertiary/aromatic N) is 4. The smallest absolute Gasteiger partial charge is 0.274 e. The average molecular weight is 576 g/mol. The minimum Gasteiger partial charge on any atom is -0.497 e. The third-order valence-electron chi connectivity index (χ3n) is 6.12. The van der Waals surface area contributed by atoms with Crippen molar-refractivity contribution in [3.63, 3.8) is 0 Å². The maximum atomic E-state index is 13.4. The van der Waals surface area contributed by atoms with E-state index >= 15 is 0 Å². The van der Waals surface area contributed by atoms with Gasteiger partial charge in [-0.05, 0) is 37.3 Å². The Morgan fingerprint density at radius 1 is 1.15 bits per heavy atom. The summed E-state index contributed by atoms with van der Waals surface area (Å²) in [4.78, 5) is 25.3. The summed E-state index contributed by atoms with van der Waals surface area (Å²) in [6.07, 6.45) is 0. The van der Waals surface area contributed by atoms with Crippen molar-refractivity contribution in [2.75, 3.05) is 53.7 Å². The maximum absolute atomic E-state index is 13.4. The van der Waals surface area contributed by atoms with Crippen molar-refractivity contribution in [1.29, 1.82) is 0 Å². The average Bonchev–Trinajstić information content (AvgIpc) is 3.28. The van der Waals surface area contributed by atoms with Gasteiger partial charge in [0.1, 0.15) is 16.4 Å². The molecule has 214 valence electrons. The Morgan fingerprint density at radius 3 is 2.48 bits per heavy atom. The number of ether oxygens (including phenoxy) is 4. The van der Waals surface area contributed by atoms with Gasteiger partial charge in [-0.15, -0.1) is 0 Å². The summed E-state index contributed by atoms with van der Waals surface area (Å²) >= 11 is 0. The molecular weight excluding hydrogens is 546 g/mol. The Hall–Kier alpha value is -4.05. The van der Waals surface area contributed by atoms with Gasteiger partial charge in [0.25, 0.3) is 11.6 Å². The predicted molar refractivity (Wildman–Crippen MR) is 142 cm³/mol. The van der Waals surface area contributed by atoms with Gasteiger partial charge in [-0.2, -0.15) is 9.78 Å². The number of nitro groups is 1. The lowest BCUT2D eigenvalue weighted by Gasteiger charge is -2.26. The molecule has 0 spiro atoms. The molecule has 0 aliphatic carbocycles. The van der Waals surface area contributed by atoms with E-state index in [1.807, 2.05) is 0 Å². The topological polar surface area (TPSA) is 164 Å². The first-order valence-corrected chi connectivity index (χ1v) is 13.7. The van der Waals surface area contributed by atoms with Gasteiger partial charge in [-0.1, -0.05) is 0 Å². The summed E-state index contributed by atoms with van der Waals surface area (Å²) < 4.78 is 51.6. The fourth-order valence-corrected chi connectivity index (χ4v) is 5.14. The van der Waals surface area contributed by atoms with E-state index in [-0.39, 0.29) is 36.4 Å². The molecule has 14 nitrogen and oxygen atoms in total. The van der Waals surface area contributed by atoms with Crippen molar-refractivity contribution in [3.8, 4) is 23.1 Å². The predicted octanol–water partition coefficient (Wildman–Crippen LogP) is 2.29. The zero-order valence-corrected chi connectivity index (χ0v) is 23.0. The minimum absolute atomic E-state index is 0.0592. The Balaban J connectivity index is 1.82. The molecular formula is C25H29N5O9S. The second kappa shape index (κ2) is 12.4. The number of amides is 1. The van der Waals surface area contributed by atoms with Crippen LogP contribution in [-0.4, -0.2) is 87.6 Å². The minimum atomic E-state index is -4.26. The molecule has 1 aliphatic rings. The van der Waals surface area contributed by atoms with Crippen LogP contribution in [0.15, 0.2) is 47.4 Å². The van der Waals surface area contributed by atoms with Crippen LogP contribution in [0.3, 0.4) is 0 Å². The first-order valence-electron chi connectivity index (χ1n) is 12.2. The summed E-state index contributed by atoms with van der Waals surface area (Å²) in [5.41, 5.74) is 0.520. The molecule has 2 aromatic carbocycles. The molecule has 1 aliphatic heterocycles. The lowest BCUT2D eigenvalue weighted by molar-refractivity contribution is -0.385. The van der Waals surface area contributed by atoms with E-state index in [9.17, 15) is 23.3 Å². The van der Waals surface area contributed by atoms with E-state index in [0.29, 0.717) is 43.3 Å². The van der Waals surface area contributed by atoms with Gasteiger partial charge in [0.15, 0.2) is 5.69 Å². The molecule has 2 heterocycles. The number of morpholine rings is 1. The highest BCUT2D eigenvalue weighted by Crippen LogP contribution is 2.36. The summed E-state index contributed by atoms with van der Waals surface area (Å²) in [5, 5.41) is 16.0. The maximum Gasteiger partial charge on any atom is 0.274 e. The summed E-state index contributed by atoms with van der Waals surface area (Å²) in [7, 11) is -1.32. The number of rotatable bonds is 11. The number of nitrogens with one attached hydrogen (secondary N) is 1. The van der Waals surface area contributed by atoms with E-state index in [2.05, 4.69) is 9.82 Å². The lowest BCUT2D eigenvalue weighted by atomic mass is 10.2. The number of sulfonamides is 1. The van der Waals surface area contributed by atoms with E-state index in [4.69, 9.17) is 18.9 Å². The van der Waals surface area contributed by atoms with Crippen LogP contribution in [0.2, 0.25) is 0 Å². The molecule has 1 N–H and O–H groups in total. The monoisotopic (exact) mass is 575 g/mol. The molecule has 0 unspecified atom stereocenters. The van der Waals surface area contributed by atoms with Crippen molar-refractivity contribution >= 4 is 21.6 Å². The van der Waals surface area contributed by atoms with Crippen LogP contribution in [0.4, 0.5) is 5.69 Å². The number of hydrogen-bond donors (Lipinski definition) is 1. The highest BCUT2D eigenvalue weighted by molar-refractivity contribution is 7.89.